The summed E-state index contributed by atoms with van der Waals surface area (Å²) in [6, 6.07) is 0.180. The minimum atomic E-state index is -0.0388. The van der Waals surface area contributed by atoms with Crippen molar-refractivity contribution in [1.82, 2.24) is 5.32 Å². The Morgan fingerprint density at radius 1 is 1.06 bits per heavy atom. The molecule has 0 saturated carbocycles. The zero-order chi connectivity index (χ0) is 13.1. The first-order chi connectivity index (χ1) is 8.02. The van der Waals surface area contributed by atoms with Gasteiger partial charge in [-0.15, -0.1) is 0 Å². The highest BCUT2D eigenvalue weighted by Crippen LogP contribution is 1.98. The van der Waals surface area contributed by atoms with E-state index in [1.807, 2.05) is 27.7 Å². The fourth-order valence-electron chi connectivity index (χ4n) is 1.33. The fraction of sp³-hybridized carbons (Fsp3) is 0.923. The molecule has 0 spiro atoms. The van der Waals surface area contributed by atoms with Gasteiger partial charge < -0.3 is 14.8 Å². The number of nitrogens with one attached hydrogen (secondary N) is 1. The first-order valence-corrected chi connectivity index (χ1v) is 6.51. The summed E-state index contributed by atoms with van der Waals surface area (Å²) in [6.45, 7) is 9.57. The number of amides is 1. The van der Waals surface area contributed by atoms with E-state index in [-0.39, 0.29) is 18.6 Å². The minimum absolute atomic E-state index is 0.0388. The van der Waals surface area contributed by atoms with E-state index in [9.17, 15) is 4.79 Å². The van der Waals surface area contributed by atoms with E-state index in [4.69, 9.17) is 9.47 Å². The van der Waals surface area contributed by atoms with Gasteiger partial charge >= 0.3 is 0 Å². The maximum atomic E-state index is 11.2. The van der Waals surface area contributed by atoms with Crippen LogP contribution in [0.4, 0.5) is 0 Å². The Morgan fingerprint density at radius 3 is 2.29 bits per heavy atom. The summed E-state index contributed by atoms with van der Waals surface area (Å²) in [6.07, 6.45) is 3.43. The van der Waals surface area contributed by atoms with Gasteiger partial charge in [-0.25, -0.2) is 0 Å². The molecule has 0 saturated heterocycles. The van der Waals surface area contributed by atoms with Crippen molar-refractivity contribution in [3.8, 4) is 0 Å². The molecule has 4 nitrogen and oxygen atoms in total. The van der Waals surface area contributed by atoms with Gasteiger partial charge in [-0.1, -0.05) is 0 Å². The van der Waals surface area contributed by atoms with Crippen LogP contribution in [0.5, 0.6) is 0 Å². The normalized spacial score (nSPS) is 11.2. The molecule has 1 amide bonds. The number of carbonyl (C=O) groups is 1. The molecule has 0 unspecified atom stereocenters. The van der Waals surface area contributed by atoms with E-state index in [0.717, 1.165) is 25.9 Å². The van der Waals surface area contributed by atoms with Gasteiger partial charge in [0.1, 0.15) is 6.61 Å². The molecule has 0 aliphatic heterocycles. The smallest absolute Gasteiger partial charge is 0.246 e. The Balaban J connectivity index is 3.16. The molecule has 102 valence electrons. The maximum Gasteiger partial charge on any atom is 0.246 e. The molecule has 0 aliphatic rings. The van der Waals surface area contributed by atoms with E-state index in [0.29, 0.717) is 12.7 Å². The van der Waals surface area contributed by atoms with Gasteiger partial charge in [-0.05, 0) is 47.0 Å². The maximum absolute atomic E-state index is 11.2. The third-order valence-electron chi connectivity index (χ3n) is 2.07. The van der Waals surface area contributed by atoms with E-state index >= 15 is 0 Å². The summed E-state index contributed by atoms with van der Waals surface area (Å²) in [5, 5.41) is 2.78. The first kappa shape index (κ1) is 16.4. The number of rotatable bonds is 10. The van der Waals surface area contributed by atoms with Crippen molar-refractivity contribution in [2.75, 3.05) is 19.8 Å². The molecule has 0 rings (SSSR count). The molecule has 1 N–H and O–H groups in total. The lowest BCUT2D eigenvalue weighted by atomic mass is 10.2. The third-order valence-corrected chi connectivity index (χ3v) is 2.07. The topological polar surface area (TPSA) is 47.6 Å². The van der Waals surface area contributed by atoms with E-state index in [1.54, 1.807) is 0 Å². The van der Waals surface area contributed by atoms with Crippen LogP contribution in [-0.4, -0.2) is 37.9 Å². The van der Waals surface area contributed by atoms with Crippen LogP contribution in [-0.2, 0) is 14.3 Å². The van der Waals surface area contributed by atoms with Crippen molar-refractivity contribution < 1.29 is 14.3 Å². The van der Waals surface area contributed by atoms with Crippen molar-refractivity contribution in [3.05, 3.63) is 0 Å². The molecule has 17 heavy (non-hydrogen) atoms. The molecule has 0 aromatic heterocycles. The third kappa shape index (κ3) is 13.3. The standard InChI is InChI=1S/C13H27NO3/c1-11(2)14-13(15)10-16-8-6-5-7-9-17-12(3)4/h11-12H,5-10H2,1-4H3,(H,14,15). The van der Waals surface area contributed by atoms with Crippen molar-refractivity contribution in [2.24, 2.45) is 0 Å². The van der Waals surface area contributed by atoms with Crippen molar-refractivity contribution in [2.45, 2.75) is 59.1 Å². The SMILES string of the molecule is CC(C)NC(=O)COCCCCCOC(C)C. The number of ether oxygens (including phenoxy) is 2. The molecule has 0 aromatic rings. The van der Waals surface area contributed by atoms with Crippen LogP contribution in [0.2, 0.25) is 0 Å². The van der Waals surface area contributed by atoms with Crippen molar-refractivity contribution >= 4 is 5.91 Å². The largest absolute Gasteiger partial charge is 0.379 e. The minimum Gasteiger partial charge on any atom is -0.379 e. The fourth-order valence-corrected chi connectivity index (χ4v) is 1.33. The van der Waals surface area contributed by atoms with Crippen LogP contribution in [0.3, 0.4) is 0 Å². The van der Waals surface area contributed by atoms with E-state index < -0.39 is 0 Å². The van der Waals surface area contributed by atoms with Crippen LogP contribution >= 0.6 is 0 Å². The van der Waals surface area contributed by atoms with Crippen LogP contribution in [0.1, 0.15) is 47.0 Å². The van der Waals surface area contributed by atoms with Gasteiger partial charge in [0.05, 0.1) is 6.10 Å². The summed E-state index contributed by atoms with van der Waals surface area (Å²) in [7, 11) is 0. The Morgan fingerprint density at radius 2 is 1.71 bits per heavy atom. The van der Waals surface area contributed by atoms with Crippen molar-refractivity contribution in [1.29, 1.82) is 0 Å². The quantitative estimate of drug-likeness (QED) is 0.600. The van der Waals surface area contributed by atoms with Crippen LogP contribution in [0.15, 0.2) is 0 Å². The Kier molecular flexibility index (Phi) is 10.2. The average molecular weight is 245 g/mol. The summed E-state index contributed by atoms with van der Waals surface area (Å²) in [5.41, 5.74) is 0. The molecular formula is C13H27NO3. The van der Waals surface area contributed by atoms with Gasteiger partial charge in [-0.2, -0.15) is 0 Å². The molecule has 0 heterocycles. The summed E-state index contributed by atoms with van der Waals surface area (Å²) < 4.78 is 10.7. The molecule has 0 atom stereocenters. The predicted octanol–water partition coefficient (Wildman–Crippen LogP) is 2.12. The Hall–Kier alpha value is -0.610. The zero-order valence-corrected chi connectivity index (χ0v) is 11.6. The lowest BCUT2D eigenvalue weighted by Crippen LogP contribution is -2.33. The van der Waals surface area contributed by atoms with Crippen LogP contribution < -0.4 is 5.32 Å². The molecule has 0 aromatic carbocycles. The van der Waals surface area contributed by atoms with E-state index in [2.05, 4.69) is 5.32 Å². The van der Waals surface area contributed by atoms with E-state index in [1.165, 1.54) is 0 Å². The Bertz CT molecular complexity index is 193. The highest BCUT2D eigenvalue weighted by Gasteiger charge is 2.02. The zero-order valence-electron chi connectivity index (χ0n) is 11.6. The first-order valence-electron chi connectivity index (χ1n) is 6.51. The second-order valence-corrected chi connectivity index (χ2v) is 4.76. The molecular weight excluding hydrogens is 218 g/mol. The van der Waals surface area contributed by atoms with Gasteiger partial charge in [0.25, 0.3) is 0 Å². The molecule has 0 fully saturated rings. The average Bonchev–Trinajstić information content (AvgIpc) is 2.20. The monoisotopic (exact) mass is 245 g/mol. The number of unbranched alkanes of at least 4 members (excludes halogenated alkanes) is 2. The lowest BCUT2D eigenvalue weighted by Gasteiger charge is -2.09. The molecule has 0 bridgehead atoms. The van der Waals surface area contributed by atoms with Crippen LogP contribution in [0.25, 0.3) is 0 Å². The summed E-state index contributed by atoms with van der Waals surface area (Å²) in [5.74, 6) is -0.0388. The van der Waals surface area contributed by atoms with Crippen molar-refractivity contribution in [3.63, 3.8) is 0 Å². The van der Waals surface area contributed by atoms with Crippen LogP contribution in [0, 0.1) is 0 Å². The molecule has 0 radical (unpaired) electrons. The highest BCUT2D eigenvalue weighted by molar-refractivity contribution is 5.77. The van der Waals surface area contributed by atoms with Gasteiger partial charge in [0.2, 0.25) is 5.91 Å². The predicted molar refractivity (Wildman–Crippen MR) is 69.0 cm³/mol. The van der Waals surface area contributed by atoms with Gasteiger partial charge in [0.15, 0.2) is 0 Å². The lowest BCUT2D eigenvalue weighted by molar-refractivity contribution is -0.126. The van der Waals surface area contributed by atoms with Gasteiger partial charge in [-0.3, -0.25) is 4.79 Å². The number of carbonyl (C=O) groups excluding carboxylic acids is 1. The summed E-state index contributed by atoms with van der Waals surface area (Å²) in [4.78, 5) is 11.2. The number of hydrogen-bond donors (Lipinski definition) is 1. The second-order valence-electron chi connectivity index (χ2n) is 4.76. The summed E-state index contributed by atoms with van der Waals surface area (Å²) >= 11 is 0. The van der Waals surface area contributed by atoms with Gasteiger partial charge in [0, 0.05) is 19.3 Å². The highest BCUT2D eigenvalue weighted by atomic mass is 16.5. The Labute approximate surface area is 105 Å². The number of hydrogen-bond acceptors (Lipinski definition) is 3. The molecule has 4 heteroatoms. The second kappa shape index (κ2) is 10.5. The molecule has 0 aliphatic carbocycles.